The lowest BCUT2D eigenvalue weighted by atomic mass is 10.0. The van der Waals surface area contributed by atoms with Gasteiger partial charge in [0.1, 0.15) is 0 Å². The van der Waals surface area contributed by atoms with Gasteiger partial charge in [-0.25, -0.2) is 4.98 Å². The van der Waals surface area contributed by atoms with E-state index in [1.165, 1.54) is 17.8 Å². The Labute approximate surface area is 132 Å². The third kappa shape index (κ3) is 5.30. The minimum Gasteiger partial charge on any atom is -0.357 e. The van der Waals surface area contributed by atoms with Crippen LogP contribution in [-0.2, 0) is 6.42 Å². The molecule has 1 aliphatic rings. The fourth-order valence-corrected chi connectivity index (χ4v) is 3.56. The number of aryl methyl sites for hydroxylation is 2. The maximum absolute atomic E-state index is 4.80. The van der Waals surface area contributed by atoms with Crippen molar-refractivity contribution in [3.8, 4) is 0 Å². The standard InChI is InChI=1S/C16H28N4S/c1-4-17-16(20-10-6-7-13(2)11-20)18-9-5-8-15-19-14(3)12-21-15/h12-13H,4-11H2,1-3H3,(H,17,18). The Morgan fingerprint density at radius 2 is 2.43 bits per heavy atom. The quantitative estimate of drug-likeness (QED) is 0.516. The fourth-order valence-electron chi connectivity index (χ4n) is 2.74. The van der Waals surface area contributed by atoms with Crippen molar-refractivity contribution < 1.29 is 0 Å². The van der Waals surface area contributed by atoms with Crippen LogP contribution in [0.5, 0.6) is 0 Å². The molecule has 1 saturated heterocycles. The Bertz CT molecular complexity index is 455. The maximum Gasteiger partial charge on any atom is 0.193 e. The number of nitrogens with zero attached hydrogens (tertiary/aromatic N) is 3. The fraction of sp³-hybridized carbons (Fsp3) is 0.750. The summed E-state index contributed by atoms with van der Waals surface area (Å²) in [6.45, 7) is 10.6. The summed E-state index contributed by atoms with van der Waals surface area (Å²) >= 11 is 1.76. The van der Waals surface area contributed by atoms with Crippen LogP contribution in [0.4, 0.5) is 0 Å². The SMILES string of the molecule is CCNC(=NCCCc1nc(C)cs1)N1CCCC(C)C1. The summed E-state index contributed by atoms with van der Waals surface area (Å²) in [6.07, 6.45) is 4.74. The van der Waals surface area contributed by atoms with Gasteiger partial charge in [0.25, 0.3) is 0 Å². The van der Waals surface area contributed by atoms with Gasteiger partial charge in [-0.2, -0.15) is 0 Å². The molecule has 0 bridgehead atoms. The second-order valence-corrected chi connectivity index (χ2v) is 6.86. The summed E-state index contributed by atoms with van der Waals surface area (Å²) in [7, 11) is 0. The molecule has 1 atom stereocenters. The second kappa shape index (κ2) is 8.37. The van der Waals surface area contributed by atoms with Crippen LogP contribution in [0.15, 0.2) is 10.4 Å². The van der Waals surface area contributed by atoms with Crippen molar-refractivity contribution >= 4 is 17.3 Å². The van der Waals surface area contributed by atoms with E-state index in [-0.39, 0.29) is 0 Å². The zero-order valence-electron chi connectivity index (χ0n) is 13.6. The predicted octanol–water partition coefficient (Wildman–Crippen LogP) is 3.08. The van der Waals surface area contributed by atoms with Crippen molar-refractivity contribution in [2.24, 2.45) is 10.9 Å². The van der Waals surface area contributed by atoms with Crippen molar-refractivity contribution in [2.45, 2.75) is 46.5 Å². The Morgan fingerprint density at radius 3 is 3.10 bits per heavy atom. The first-order valence-electron chi connectivity index (χ1n) is 8.13. The van der Waals surface area contributed by atoms with Crippen LogP contribution < -0.4 is 5.32 Å². The van der Waals surface area contributed by atoms with Gasteiger partial charge in [-0.15, -0.1) is 11.3 Å². The smallest absolute Gasteiger partial charge is 0.193 e. The summed E-state index contributed by atoms with van der Waals surface area (Å²) in [5.41, 5.74) is 1.13. The Hall–Kier alpha value is -1.10. The highest BCUT2D eigenvalue weighted by Crippen LogP contribution is 2.15. The summed E-state index contributed by atoms with van der Waals surface area (Å²) < 4.78 is 0. The third-order valence-corrected chi connectivity index (χ3v) is 4.79. The van der Waals surface area contributed by atoms with Gasteiger partial charge in [0, 0.05) is 43.7 Å². The topological polar surface area (TPSA) is 40.5 Å². The zero-order valence-corrected chi connectivity index (χ0v) is 14.4. The average Bonchev–Trinajstić information content (AvgIpc) is 2.88. The van der Waals surface area contributed by atoms with Crippen molar-refractivity contribution in [3.05, 3.63) is 16.1 Å². The highest BCUT2D eigenvalue weighted by atomic mass is 32.1. The molecule has 5 heteroatoms. The summed E-state index contributed by atoms with van der Waals surface area (Å²) in [6, 6.07) is 0. The third-order valence-electron chi connectivity index (χ3n) is 3.77. The van der Waals surface area contributed by atoms with Crippen molar-refractivity contribution in [1.29, 1.82) is 0 Å². The monoisotopic (exact) mass is 308 g/mol. The normalized spacial score (nSPS) is 19.9. The van der Waals surface area contributed by atoms with Crippen molar-refractivity contribution in [3.63, 3.8) is 0 Å². The zero-order chi connectivity index (χ0) is 15.1. The highest BCUT2D eigenvalue weighted by molar-refractivity contribution is 7.09. The van der Waals surface area contributed by atoms with Gasteiger partial charge in [-0.3, -0.25) is 4.99 Å². The minimum absolute atomic E-state index is 0.779. The van der Waals surface area contributed by atoms with E-state index in [9.17, 15) is 0 Å². The number of nitrogens with one attached hydrogen (secondary N) is 1. The number of likely N-dealkylation sites (tertiary alicyclic amines) is 1. The first kappa shape index (κ1) is 16.3. The number of aromatic nitrogens is 1. The van der Waals surface area contributed by atoms with Crippen molar-refractivity contribution in [2.75, 3.05) is 26.2 Å². The molecule has 4 nitrogen and oxygen atoms in total. The molecular formula is C16H28N4S. The lowest BCUT2D eigenvalue weighted by molar-refractivity contribution is 0.266. The van der Waals surface area contributed by atoms with Crippen LogP contribution in [0.2, 0.25) is 0 Å². The van der Waals surface area contributed by atoms with E-state index >= 15 is 0 Å². The second-order valence-electron chi connectivity index (χ2n) is 5.92. The largest absolute Gasteiger partial charge is 0.357 e. The highest BCUT2D eigenvalue weighted by Gasteiger charge is 2.18. The van der Waals surface area contributed by atoms with E-state index in [4.69, 9.17) is 4.99 Å². The molecule has 118 valence electrons. The van der Waals surface area contributed by atoms with Gasteiger partial charge < -0.3 is 10.2 Å². The average molecular weight is 308 g/mol. The molecule has 21 heavy (non-hydrogen) atoms. The van der Waals surface area contributed by atoms with Gasteiger partial charge in [0.05, 0.1) is 5.01 Å². The molecule has 0 saturated carbocycles. The predicted molar refractivity (Wildman–Crippen MR) is 91.1 cm³/mol. The van der Waals surface area contributed by atoms with E-state index in [0.717, 1.165) is 56.6 Å². The molecule has 1 aromatic heterocycles. The molecule has 2 heterocycles. The first-order chi connectivity index (χ1) is 10.2. The molecule has 1 fully saturated rings. The van der Waals surface area contributed by atoms with Crippen LogP contribution >= 0.6 is 11.3 Å². The van der Waals surface area contributed by atoms with Gasteiger partial charge in [0.15, 0.2) is 5.96 Å². The molecule has 2 rings (SSSR count). The maximum atomic E-state index is 4.80. The van der Waals surface area contributed by atoms with E-state index < -0.39 is 0 Å². The number of hydrogen-bond donors (Lipinski definition) is 1. The lowest BCUT2D eigenvalue weighted by Gasteiger charge is -2.33. The molecule has 1 unspecified atom stereocenters. The number of thiazole rings is 1. The van der Waals surface area contributed by atoms with Gasteiger partial charge in [-0.1, -0.05) is 6.92 Å². The molecule has 1 aromatic rings. The Morgan fingerprint density at radius 1 is 1.57 bits per heavy atom. The van der Waals surface area contributed by atoms with Crippen molar-refractivity contribution in [1.82, 2.24) is 15.2 Å². The number of hydrogen-bond acceptors (Lipinski definition) is 3. The number of aliphatic imine (C=N–C) groups is 1. The van der Waals surface area contributed by atoms with Gasteiger partial charge in [0.2, 0.25) is 0 Å². The summed E-state index contributed by atoms with van der Waals surface area (Å²) in [5.74, 6) is 1.88. The van der Waals surface area contributed by atoms with E-state index in [1.54, 1.807) is 11.3 Å². The van der Waals surface area contributed by atoms with Gasteiger partial charge in [-0.05, 0) is 39.0 Å². The molecule has 1 N–H and O–H groups in total. The minimum atomic E-state index is 0.779. The summed E-state index contributed by atoms with van der Waals surface area (Å²) in [5, 5.41) is 6.80. The van der Waals surface area contributed by atoms with Gasteiger partial charge >= 0.3 is 0 Å². The van der Waals surface area contributed by atoms with E-state index in [2.05, 4.69) is 41.4 Å². The molecule has 1 aliphatic heterocycles. The van der Waals surface area contributed by atoms with Crippen LogP contribution in [0.3, 0.4) is 0 Å². The number of rotatable bonds is 5. The van der Waals surface area contributed by atoms with Crippen LogP contribution in [-0.4, -0.2) is 42.0 Å². The number of guanidine groups is 1. The van der Waals surface area contributed by atoms with Crippen LogP contribution in [0, 0.1) is 12.8 Å². The van der Waals surface area contributed by atoms with E-state index in [1.807, 2.05) is 0 Å². The Kier molecular flexibility index (Phi) is 6.49. The lowest BCUT2D eigenvalue weighted by Crippen LogP contribution is -2.46. The van der Waals surface area contributed by atoms with Crippen LogP contribution in [0.25, 0.3) is 0 Å². The molecule has 0 amide bonds. The van der Waals surface area contributed by atoms with E-state index in [0.29, 0.717) is 0 Å². The molecule has 0 aliphatic carbocycles. The summed E-state index contributed by atoms with van der Waals surface area (Å²) in [4.78, 5) is 11.7. The first-order valence-corrected chi connectivity index (χ1v) is 9.01. The number of piperidine rings is 1. The van der Waals surface area contributed by atoms with Crippen LogP contribution in [0.1, 0.15) is 43.8 Å². The molecule has 0 spiro atoms. The molecular weight excluding hydrogens is 280 g/mol. The molecule has 0 radical (unpaired) electrons. The molecule has 0 aromatic carbocycles. The Balaban J connectivity index is 1.82.